The molecular weight excluding hydrogens is 568 g/mol. The summed E-state index contributed by atoms with van der Waals surface area (Å²) in [5, 5.41) is 13.5. The fourth-order valence-electron chi connectivity index (χ4n) is 4.54. The van der Waals surface area contributed by atoms with Gasteiger partial charge in [0, 0.05) is 24.7 Å². The summed E-state index contributed by atoms with van der Waals surface area (Å²) in [4.78, 5) is 42.2. The summed E-state index contributed by atoms with van der Waals surface area (Å²) in [6, 6.07) is 7.07. The van der Waals surface area contributed by atoms with Gasteiger partial charge in [-0.1, -0.05) is 6.07 Å². The van der Waals surface area contributed by atoms with Crippen LogP contribution in [-0.2, 0) is 23.7 Å². The van der Waals surface area contributed by atoms with Crippen LogP contribution in [-0.4, -0.2) is 77.9 Å². The third-order valence-electron chi connectivity index (χ3n) is 6.63. The molecule has 1 saturated heterocycles. The van der Waals surface area contributed by atoms with Gasteiger partial charge in [-0.3, -0.25) is 9.59 Å². The van der Waals surface area contributed by atoms with Crippen molar-refractivity contribution >= 4 is 40.3 Å². The van der Waals surface area contributed by atoms with Gasteiger partial charge in [0.25, 0.3) is 5.91 Å². The van der Waals surface area contributed by atoms with E-state index in [1.807, 2.05) is 19.1 Å². The van der Waals surface area contributed by atoms with E-state index in [1.54, 1.807) is 50.0 Å². The molecule has 0 aliphatic carbocycles. The molecule has 0 saturated carbocycles. The Balaban J connectivity index is 1.32. The van der Waals surface area contributed by atoms with Crippen LogP contribution in [0.15, 0.2) is 36.7 Å². The molecule has 1 unspecified atom stereocenters. The Bertz CT molecular complexity index is 1410. The summed E-state index contributed by atoms with van der Waals surface area (Å²) in [6.45, 7) is 9.30. The number of carbonyl (C=O) groups is 3. The SMILES string of the molecule is Cc1ccc(NC(=O)c2ccc3c(cnn3C3CCCCO3)c2NC(=O)CCOCCOCCNC(=O)OC(C)(C)C)nc1. The van der Waals surface area contributed by atoms with E-state index in [2.05, 4.69) is 26.0 Å². The van der Waals surface area contributed by atoms with E-state index in [0.29, 0.717) is 43.3 Å². The standard InChI is InChI=1S/C31H42N6O7/c1-21-8-11-25(33-19-21)35-29(39)22-9-10-24-23(20-34-37(24)27-7-5-6-14-43-27)28(22)36-26(38)12-15-41-17-18-42-16-13-32-30(40)44-31(2,3)4/h8-11,19-20,27H,5-7,12-18H2,1-4H3,(H,32,40)(H,36,38)(H,33,35,39). The van der Waals surface area contributed by atoms with E-state index < -0.39 is 17.6 Å². The maximum Gasteiger partial charge on any atom is 0.407 e. The van der Waals surface area contributed by atoms with E-state index in [-0.39, 0.29) is 37.3 Å². The Morgan fingerprint density at radius 2 is 1.80 bits per heavy atom. The average Bonchev–Trinajstić information content (AvgIpc) is 3.42. The van der Waals surface area contributed by atoms with Crippen LogP contribution in [0.2, 0.25) is 0 Å². The van der Waals surface area contributed by atoms with Gasteiger partial charge in [-0.15, -0.1) is 0 Å². The van der Waals surface area contributed by atoms with Gasteiger partial charge >= 0.3 is 6.09 Å². The van der Waals surface area contributed by atoms with Crippen LogP contribution in [0.3, 0.4) is 0 Å². The van der Waals surface area contributed by atoms with Gasteiger partial charge in [-0.25, -0.2) is 14.5 Å². The quantitative estimate of drug-likeness (QED) is 0.236. The number of aromatic nitrogens is 3. The predicted octanol–water partition coefficient (Wildman–Crippen LogP) is 4.58. The fraction of sp³-hybridized carbons (Fsp3) is 0.516. The summed E-state index contributed by atoms with van der Waals surface area (Å²) >= 11 is 0. The molecule has 238 valence electrons. The van der Waals surface area contributed by atoms with Gasteiger partial charge in [0.05, 0.1) is 55.8 Å². The Hall–Kier alpha value is -4.07. The van der Waals surface area contributed by atoms with Crippen molar-refractivity contribution in [2.75, 3.05) is 50.2 Å². The molecule has 1 atom stereocenters. The van der Waals surface area contributed by atoms with Gasteiger partial charge in [0.1, 0.15) is 11.4 Å². The number of nitrogens with one attached hydrogen (secondary N) is 3. The van der Waals surface area contributed by atoms with E-state index in [4.69, 9.17) is 18.9 Å². The normalized spacial score (nSPS) is 15.1. The monoisotopic (exact) mass is 610 g/mol. The molecule has 3 aromatic rings. The number of anilines is 2. The summed E-state index contributed by atoms with van der Waals surface area (Å²) in [5.41, 5.74) is 1.81. The molecule has 0 bridgehead atoms. The average molecular weight is 611 g/mol. The zero-order valence-corrected chi connectivity index (χ0v) is 25.8. The number of fused-ring (bicyclic) bond motifs is 1. The van der Waals surface area contributed by atoms with Gasteiger partial charge in [0.2, 0.25) is 5.91 Å². The van der Waals surface area contributed by atoms with Crippen LogP contribution in [0, 0.1) is 6.92 Å². The second kappa shape index (κ2) is 15.6. The first-order valence-electron chi connectivity index (χ1n) is 14.9. The van der Waals surface area contributed by atoms with E-state index in [1.165, 1.54) is 0 Å². The van der Waals surface area contributed by atoms with Crippen LogP contribution in [0.25, 0.3) is 10.9 Å². The molecule has 2 aromatic heterocycles. The van der Waals surface area contributed by atoms with E-state index in [9.17, 15) is 14.4 Å². The lowest BCUT2D eigenvalue weighted by Gasteiger charge is -2.23. The van der Waals surface area contributed by atoms with Crippen molar-refractivity contribution in [2.45, 2.75) is 65.2 Å². The second-order valence-corrected chi connectivity index (χ2v) is 11.5. The molecule has 0 spiro atoms. The highest BCUT2D eigenvalue weighted by Gasteiger charge is 2.23. The van der Waals surface area contributed by atoms with Crippen LogP contribution < -0.4 is 16.0 Å². The first kappa shape index (κ1) is 32.8. The lowest BCUT2D eigenvalue weighted by molar-refractivity contribution is -0.117. The van der Waals surface area contributed by atoms with Crippen molar-refractivity contribution in [2.24, 2.45) is 0 Å². The summed E-state index contributed by atoms with van der Waals surface area (Å²) in [7, 11) is 0. The van der Waals surface area contributed by atoms with Crippen LogP contribution in [0.5, 0.6) is 0 Å². The van der Waals surface area contributed by atoms with Crippen molar-refractivity contribution in [3.63, 3.8) is 0 Å². The first-order chi connectivity index (χ1) is 21.1. The number of hydrogen-bond donors (Lipinski definition) is 3. The largest absolute Gasteiger partial charge is 0.444 e. The number of benzene rings is 1. The lowest BCUT2D eigenvalue weighted by Crippen LogP contribution is -2.34. The number of carbonyl (C=O) groups excluding carboxylic acids is 3. The smallest absolute Gasteiger partial charge is 0.407 e. The summed E-state index contributed by atoms with van der Waals surface area (Å²) in [5.74, 6) is -0.320. The predicted molar refractivity (Wildman–Crippen MR) is 165 cm³/mol. The van der Waals surface area contributed by atoms with Crippen LogP contribution >= 0.6 is 0 Å². The van der Waals surface area contributed by atoms with Crippen molar-refractivity contribution < 1.29 is 33.3 Å². The minimum Gasteiger partial charge on any atom is -0.444 e. The van der Waals surface area contributed by atoms with Crippen LogP contribution in [0.1, 0.15) is 68.6 Å². The van der Waals surface area contributed by atoms with E-state index in [0.717, 1.165) is 30.3 Å². The highest BCUT2D eigenvalue weighted by Crippen LogP contribution is 2.32. The van der Waals surface area contributed by atoms with E-state index >= 15 is 0 Å². The zero-order valence-electron chi connectivity index (χ0n) is 25.8. The van der Waals surface area contributed by atoms with Gasteiger partial charge in [0.15, 0.2) is 6.23 Å². The van der Waals surface area contributed by atoms with Crippen molar-refractivity contribution in [1.29, 1.82) is 0 Å². The molecule has 0 radical (unpaired) electrons. The number of hydrogen-bond acceptors (Lipinski definition) is 9. The number of pyridine rings is 1. The highest BCUT2D eigenvalue weighted by atomic mass is 16.6. The maximum absolute atomic E-state index is 13.3. The number of nitrogens with zero attached hydrogens (tertiary/aromatic N) is 3. The fourth-order valence-corrected chi connectivity index (χ4v) is 4.54. The molecule has 1 fully saturated rings. The number of ether oxygens (including phenoxy) is 4. The number of amides is 3. The lowest BCUT2D eigenvalue weighted by atomic mass is 10.1. The Kier molecular flexibility index (Phi) is 11.6. The molecule has 44 heavy (non-hydrogen) atoms. The van der Waals surface area contributed by atoms with Gasteiger partial charge in [-0.05, 0) is 70.7 Å². The topological polar surface area (TPSA) is 155 Å². The van der Waals surface area contributed by atoms with Crippen molar-refractivity contribution in [1.82, 2.24) is 20.1 Å². The molecule has 1 aliphatic heterocycles. The van der Waals surface area contributed by atoms with Crippen molar-refractivity contribution in [3.05, 3.63) is 47.8 Å². The van der Waals surface area contributed by atoms with Crippen LogP contribution in [0.4, 0.5) is 16.3 Å². The molecule has 3 N–H and O–H groups in total. The van der Waals surface area contributed by atoms with Crippen molar-refractivity contribution in [3.8, 4) is 0 Å². The number of alkyl carbamates (subject to hydrolysis) is 1. The Morgan fingerprint density at radius 3 is 2.50 bits per heavy atom. The minimum absolute atomic E-state index is 0.0665. The highest BCUT2D eigenvalue weighted by molar-refractivity contribution is 6.15. The molecular formula is C31H42N6O7. The summed E-state index contributed by atoms with van der Waals surface area (Å²) < 4.78 is 23.9. The molecule has 3 amide bonds. The molecule has 13 heteroatoms. The Labute approximate surface area is 257 Å². The van der Waals surface area contributed by atoms with Gasteiger partial charge in [-0.2, -0.15) is 5.10 Å². The second-order valence-electron chi connectivity index (χ2n) is 11.5. The minimum atomic E-state index is -0.559. The summed E-state index contributed by atoms with van der Waals surface area (Å²) in [6.07, 6.45) is 5.56. The Morgan fingerprint density at radius 1 is 1.00 bits per heavy atom. The number of rotatable bonds is 13. The first-order valence-corrected chi connectivity index (χ1v) is 14.9. The molecule has 3 heterocycles. The third kappa shape index (κ3) is 9.73. The number of aryl methyl sites for hydroxylation is 1. The maximum atomic E-state index is 13.3. The molecule has 13 nitrogen and oxygen atoms in total. The molecule has 4 rings (SSSR count). The molecule has 1 aromatic carbocycles. The molecule has 1 aliphatic rings. The van der Waals surface area contributed by atoms with Gasteiger partial charge < -0.3 is 34.9 Å². The zero-order chi connectivity index (χ0) is 31.5. The third-order valence-corrected chi connectivity index (χ3v) is 6.63.